The van der Waals surface area contributed by atoms with Gasteiger partial charge in [0.05, 0.1) is 0 Å². The van der Waals surface area contributed by atoms with Crippen LogP contribution in [-0.4, -0.2) is 17.8 Å². The number of nitrogens with one attached hydrogen (secondary N) is 1. The summed E-state index contributed by atoms with van der Waals surface area (Å²) in [7, 11) is 0. The Bertz CT molecular complexity index is 304. The molecule has 122 valence electrons. The molecule has 0 aromatic rings. The molecular weight excluding hydrogens is 282 g/mol. The van der Waals surface area contributed by atoms with Crippen molar-refractivity contribution in [3.05, 3.63) is 0 Å². The maximum Gasteiger partial charge on any atom is 0.223 e. The first kappa shape index (κ1) is 17.1. The zero-order valence-corrected chi connectivity index (χ0v) is 14.3. The van der Waals surface area contributed by atoms with Gasteiger partial charge in [-0.05, 0) is 63.2 Å². The summed E-state index contributed by atoms with van der Waals surface area (Å²) in [4.78, 5) is 12.3. The molecule has 21 heavy (non-hydrogen) atoms. The van der Waals surface area contributed by atoms with Crippen LogP contribution in [0.1, 0.15) is 77.6 Å². The lowest BCUT2D eigenvalue weighted by atomic mass is 9.79. The number of carbonyl (C=O) groups is 1. The third-order valence-corrected chi connectivity index (χ3v) is 5.96. The maximum atomic E-state index is 12.3. The average Bonchev–Trinajstić information content (AvgIpc) is 2.52. The van der Waals surface area contributed by atoms with Crippen molar-refractivity contribution >= 4 is 17.5 Å². The fourth-order valence-corrected chi connectivity index (χ4v) is 4.17. The van der Waals surface area contributed by atoms with Gasteiger partial charge in [-0.2, -0.15) is 0 Å². The predicted molar refractivity (Wildman–Crippen MR) is 89.6 cm³/mol. The third-order valence-electron chi connectivity index (χ3n) is 5.52. The van der Waals surface area contributed by atoms with E-state index in [9.17, 15) is 4.79 Å². The number of amides is 1. The smallest absolute Gasteiger partial charge is 0.223 e. The van der Waals surface area contributed by atoms with E-state index in [1.165, 1.54) is 44.9 Å². The minimum Gasteiger partial charge on any atom is -0.356 e. The largest absolute Gasteiger partial charge is 0.356 e. The molecule has 0 radical (unpaired) electrons. The lowest BCUT2D eigenvalue weighted by Gasteiger charge is -2.29. The van der Waals surface area contributed by atoms with Gasteiger partial charge in [0, 0.05) is 17.8 Å². The van der Waals surface area contributed by atoms with Crippen LogP contribution in [0, 0.1) is 17.8 Å². The van der Waals surface area contributed by atoms with E-state index in [0.717, 1.165) is 38.1 Å². The van der Waals surface area contributed by atoms with Gasteiger partial charge < -0.3 is 5.32 Å². The van der Waals surface area contributed by atoms with Crippen LogP contribution >= 0.6 is 11.6 Å². The summed E-state index contributed by atoms with van der Waals surface area (Å²) in [5.41, 5.74) is 0. The topological polar surface area (TPSA) is 29.1 Å². The van der Waals surface area contributed by atoms with Crippen LogP contribution in [-0.2, 0) is 4.79 Å². The molecule has 2 rings (SSSR count). The van der Waals surface area contributed by atoms with E-state index in [1.807, 2.05) is 0 Å². The quantitative estimate of drug-likeness (QED) is 0.694. The van der Waals surface area contributed by atoms with Crippen LogP contribution in [0.5, 0.6) is 0 Å². The summed E-state index contributed by atoms with van der Waals surface area (Å²) >= 11 is 6.13. The van der Waals surface area contributed by atoms with Crippen molar-refractivity contribution in [3.63, 3.8) is 0 Å². The second-order valence-corrected chi connectivity index (χ2v) is 7.84. The summed E-state index contributed by atoms with van der Waals surface area (Å²) in [6, 6.07) is 0. The van der Waals surface area contributed by atoms with E-state index >= 15 is 0 Å². The Morgan fingerprint density at radius 2 is 1.62 bits per heavy atom. The highest BCUT2D eigenvalue weighted by Crippen LogP contribution is 2.32. The summed E-state index contributed by atoms with van der Waals surface area (Å²) in [6.45, 7) is 3.13. The fraction of sp³-hybridized carbons (Fsp3) is 0.944. The molecule has 1 amide bonds. The fourth-order valence-electron chi connectivity index (χ4n) is 3.92. The van der Waals surface area contributed by atoms with Crippen molar-refractivity contribution in [1.82, 2.24) is 5.32 Å². The molecule has 2 fully saturated rings. The van der Waals surface area contributed by atoms with Gasteiger partial charge in [-0.1, -0.05) is 26.2 Å². The van der Waals surface area contributed by atoms with Gasteiger partial charge in [-0.25, -0.2) is 0 Å². The average molecular weight is 314 g/mol. The molecule has 2 aliphatic carbocycles. The molecule has 3 heteroatoms. The highest BCUT2D eigenvalue weighted by atomic mass is 35.5. The molecule has 2 nitrogen and oxygen atoms in total. The van der Waals surface area contributed by atoms with Gasteiger partial charge in [-0.15, -0.1) is 11.6 Å². The van der Waals surface area contributed by atoms with Crippen molar-refractivity contribution in [2.45, 2.75) is 82.9 Å². The Balaban J connectivity index is 1.61. The summed E-state index contributed by atoms with van der Waals surface area (Å²) < 4.78 is 0. The van der Waals surface area contributed by atoms with Crippen LogP contribution in [0.25, 0.3) is 0 Å². The van der Waals surface area contributed by atoms with Gasteiger partial charge in [0.15, 0.2) is 0 Å². The van der Waals surface area contributed by atoms with Crippen LogP contribution in [0.2, 0.25) is 0 Å². The molecule has 0 aliphatic heterocycles. The molecular formula is C18H32ClNO. The Kier molecular flexibility index (Phi) is 7.36. The normalized spacial score (nSPS) is 33.6. The highest BCUT2D eigenvalue weighted by molar-refractivity contribution is 6.20. The number of halogens is 1. The third kappa shape index (κ3) is 5.81. The van der Waals surface area contributed by atoms with Crippen LogP contribution in [0.3, 0.4) is 0 Å². The highest BCUT2D eigenvalue weighted by Gasteiger charge is 2.27. The van der Waals surface area contributed by atoms with E-state index in [4.69, 9.17) is 11.6 Å². The molecule has 0 aromatic heterocycles. The van der Waals surface area contributed by atoms with Crippen LogP contribution in [0.4, 0.5) is 0 Å². The summed E-state index contributed by atoms with van der Waals surface area (Å²) in [6.07, 6.45) is 13.3. The monoisotopic (exact) mass is 313 g/mol. The first-order chi connectivity index (χ1) is 10.2. The first-order valence-corrected chi connectivity index (χ1v) is 9.54. The van der Waals surface area contributed by atoms with Crippen LogP contribution in [0.15, 0.2) is 0 Å². The van der Waals surface area contributed by atoms with Gasteiger partial charge in [0.25, 0.3) is 0 Å². The van der Waals surface area contributed by atoms with E-state index in [-0.39, 0.29) is 5.92 Å². The maximum absolute atomic E-state index is 12.3. The summed E-state index contributed by atoms with van der Waals surface area (Å²) in [5.74, 6) is 2.14. The molecule has 0 atom stereocenters. The minimum absolute atomic E-state index is 0.284. The number of unbranched alkanes of at least 4 members (excludes halogenated alkanes) is 1. The molecule has 0 saturated heterocycles. The Labute approximate surface area is 135 Å². The molecule has 0 heterocycles. The molecule has 0 bridgehead atoms. The van der Waals surface area contributed by atoms with E-state index in [2.05, 4.69) is 12.2 Å². The Morgan fingerprint density at radius 3 is 2.24 bits per heavy atom. The van der Waals surface area contributed by atoms with E-state index in [0.29, 0.717) is 17.2 Å². The molecule has 0 aromatic carbocycles. The first-order valence-electron chi connectivity index (χ1n) is 9.10. The lowest BCUT2D eigenvalue weighted by Crippen LogP contribution is -2.37. The number of alkyl halides is 1. The van der Waals surface area contributed by atoms with Crippen LogP contribution < -0.4 is 5.32 Å². The minimum atomic E-state index is 0.284. The second kappa shape index (κ2) is 9.02. The van der Waals surface area contributed by atoms with Gasteiger partial charge >= 0.3 is 0 Å². The Hall–Kier alpha value is -0.240. The van der Waals surface area contributed by atoms with E-state index < -0.39 is 0 Å². The molecule has 0 unspecified atom stereocenters. The Morgan fingerprint density at radius 1 is 1.00 bits per heavy atom. The van der Waals surface area contributed by atoms with E-state index in [1.54, 1.807) is 0 Å². The molecule has 0 spiro atoms. The van der Waals surface area contributed by atoms with Crippen molar-refractivity contribution in [3.8, 4) is 0 Å². The van der Waals surface area contributed by atoms with Crippen molar-refractivity contribution in [1.29, 1.82) is 0 Å². The van der Waals surface area contributed by atoms with Gasteiger partial charge in [0.1, 0.15) is 0 Å². The SMILES string of the molecule is CCCCC1CCC(C(=O)NCC2CCC(Cl)CC2)CC1. The molecule has 1 N–H and O–H groups in total. The number of rotatable bonds is 6. The molecule has 2 aliphatic rings. The standard InChI is InChI=1S/C18H32ClNO/c1-2-3-4-14-5-9-16(10-6-14)18(21)20-13-15-7-11-17(19)12-8-15/h14-17H,2-13H2,1H3,(H,20,21). The number of hydrogen-bond acceptors (Lipinski definition) is 1. The summed E-state index contributed by atoms with van der Waals surface area (Å²) in [5, 5.41) is 3.58. The molecule has 2 saturated carbocycles. The number of carbonyl (C=O) groups excluding carboxylic acids is 1. The van der Waals surface area contributed by atoms with Gasteiger partial charge in [0.2, 0.25) is 5.91 Å². The lowest BCUT2D eigenvalue weighted by molar-refractivity contribution is -0.126. The second-order valence-electron chi connectivity index (χ2n) is 7.22. The zero-order chi connectivity index (χ0) is 15.1. The van der Waals surface area contributed by atoms with Crippen molar-refractivity contribution < 1.29 is 4.79 Å². The zero-order valence-electron chi connectivity index (χ0n) is 13.6. The number of hydrogen-bond donors (Lipinski definition) is 1. The van der Waals surface area contributed by atoms with Crippen molar-refractivity contribution in [2.24, 2.45) is 17.8 Å². The van der Waals surface area contributed by atoms with Crippen molar-refractivity contribution in [2.75, 3.05) is 6.54 Å². The van der Waals surface area contributed by atoms with Gasteiger partial charge in [-0.3, -0.25) is 4.79 Å². The predicted octanol–water partition coefficient (Wildman–Crippen LogP) is 4.90.